The minimum atomic E-state index is -0.698. The van der Waals surface area contributed by atoms with Crippen molar-refractivity contribution in [2.75, 3.05) is 0 Å². The summed E-state index contributed by atoms with van der Waals surface area (Å²) in [4.78, 5) is 0. The zero-order valence-corrected chi connectivity index (χ0v) is 20.0. The molecule has 4 aliphatic carbocycles. The number of hydrogen-bond acceptors (Lipinski definition) is 3. The van der Waals surface area contributed by atoms with E-state index in [0.717, 1.165) is 37.0 Å². The molecule has 4 rings (SSSR count). The van der Waals surface area contributed by atoms with Gasteiger partial charge in [-0.15, -0.1) is 0 Å². The second-order valence-corrected chi connectivity index (χ2v) is 12.7. The first kappa shape index (κ1) is 22.8. The minimum Gasteiger partial charge on any atom is -0.393 e. The molecule has 0 aromatic heterocycles. The Morgan fingerprint density at radius 1 is 1.10 bits per heavy atom. The molecule has 4 aliphatic rings. The molecule has 0 heterocycles. The van der Waals surface area contributed by atoms with Crippen LogP contribution < -0.4 is 0 Å². The van der Waals surface area contributed by atoms with Crippen molar-refractivity contribution >= 4 is 0 Å². The lowest BCUT2D eigenvalue weighted by Crippen LogP contribution is -2.51. The number of aliphatic hydroxyl groups excluding tert-OH is 2. The molecule has 3 heteroatoms. The van der Waals surface area contributed by atoms with Gasteiger partial charge in [0.15, 0.2) is 0 Å². The summed E-state index contributed by atoms with van der Waals surface area (Å²) in [6.45, 7) is 11.0. The van der Waals surface area contributed by atoms with Crippen molar-refractivity contribution in [2.45, 2.75) is 117 Å². The number of hydrogen-bond donors (Lipinski definition) is 3. The van der Waals surface area contributed by atoms with Gasteiger partial charge in [-0.25, -0.2) is 0 Å². The van der Waals surface area contributed by atoms with Crippen LogP contribution in [0.2, 0.25) is 0 Å². The van der Waals surface area contributed by atoms with E-state index in [9.17, 15) is 15.3 Å². The molecule has 0 amide bonds. The summed E-state index contributed by atoms with van der Waals surface area (Å²) in [5, 5.41) is 31.3. The molecule has 0 bridgehead atoms. The van der Waals surface area contributed by atoms with Crippen molar-refractivity contribution in [3.8, 4) is 0 Å². The highest BCUT2D eigenvalue weighted by molar-refractivity contribution is 5.25. The maximum Gasteiger partial charge on any atom is 0.0592 e. The largest absolute Gasteiger partial charge is 0.393 e. The summed E-state index contributed by atoms with van der Waals surface area (Å²) in [5.41, 5.74) is 1.50. The molecule has 0 aromatic carbocycles. The van der Waals surface area contributed by atoms with Crippen LogP contribution in [0.25, 0.3) is 0 Å². The van der Waals surface area contributed by atoms with Gasteiger partial charge in [-0.1, -0.05) is 32.4 Å². The van der Waals surface area contributed by atoms with Gasteiger partial charge >= 0.3 is 0 Å². The van der Waals surface area contributed by atoms with Gasteiger partial charge in [0.25, 0.3) is 0 Å². The van der Waals surface area contributed by atoms with E-state index in [1.807, 2.05) is 13.8 Å². The molecule has 9 atom stereocenters. The van der Waals surface area contributed by atoms with E-state index < -0.39 is 5.60 Å². The maximum absolute atomic E-state index is 11.0. The van der Waals surface area contributed by atoms with Crippen LogP contribution in [0, 0.1) is 40.4 Å². The molecule has 172 valence electrons. The predicted molar refractivity (Wildman–Crippen MR) is 122 cm³/mol. The van der Waals surface area contributed by atoms with E-state index in [1.54, 1.807) is 5.57 Å². The molecule has 30 heavy (non-hydrogen) atoms. The van der Waals surface area contributed by atoms with Gasteiger partial charge in [0.05, 0.1) is 17.8 Å². The lowest BCUT2D eigenvalue weighted by molar-refractivity contribution is -0.0696. The first-order chi connectivity index (χ1) is 14.0. The molecule has 3 nitrogen and oxygen atoms in total. The molecule has 0 aromatic rings. The van der Waals surface area contributed by atoms with Crippen molar-refractivity contribution in [3.63, 3.8) is 0 Å². The van der Waals surface area contributed by atoms with E-state index in [2.05, 4.69) is 26.8 Å². The number of fused-ring (bicyclic) bond motifs is 5. The normalized spacial score (nSPS) is 45.7. The molecule has 3 fully saturated rings. The summed E-state index contributed by atoms with van der Waals surface area (Å²) in [6.07, 6.45) is 12.8. The summed E-state index contributed by atoms with van der Waals surface area (Å²) < 4.78 is 0. The fourth-order valence-corrected chi connectivity index (χ4v) is 8.58. The van der Waals surface area contributed by atoms with Crippen LogP contribution in [0.4, 0.5) is 0 Å². The molecular formula is C27H46O3. The molecule has 0 radical (unpaired) electrons. The van der Waals surface area contributed by atoms with Crippen molar-refractivity contribution < 1.29 is 15.3 Å². The average Bonchev–Trinajstić information content (AvgIpc) is 3.02. The van der Waals surface area contributed by atoms with Gasteiger partial charge in [-0.05, 0) is 118 Å². The summed E-state index contributed by atoms with van der Waals surface area (Å²) in [5.74, 6) is 3.21. The van der Waals surface area contributed by atoms with Gasteiger partial charge in [0, 0.05) is 0 Å². The second-order valence-electron chi connectivity index (χ2n) is 12.7. The first-order valence-corrected chi connectivity index (χ1v) is 12.7. The van der Waals surface area contributed by atoms with E-state index >= 15 is 0 Å². The van der Waals surface area contributed by atoms with Crippen LogP contribution in [-0.4, -0.2) is 33.1 Å². The third-order valence-corrected chi connectivity index (χ3v) is 10.4. The smallest absolute Gasteiger partial charge is 0.0592 e. The van der Waals surface area contributed by atoms with Crippen LogP contribution in [0.1, 0.15) is 98.8 Å². The van der Waals surface area contributed by atoms with Gasteiger partial charge in [-0.3, -0.25) is 0 Å². The highest BCUT2D eigenvalue weighted by atomic mass is 16.3. The van der Waals surface area contributed by atoms with E-state index in [-0.39, 0.29) is 12.2 Å². The van der Waals surface area contributed by atoms with E-state index in [1.165, 1.54) is 32.1 Å². The highest BCUT2D eigenvalue weighted by Crippen LogP contribution is 2.67. The monoisotopic (exact) mass is 418 g/mol. The fourth-order valence-electron chi connectivity index (χ4n) is 8.58. The summed E-state index contributed by atoms with van der Waals surface area (Å²) >= 11 is 0. The molecular weight excluding hydrogens is 372 g/mol. The lowest BCUT2D eigenvalue weighted by atomic mass is 9.47. The molecule has 0 unspecified atom stereocenters. The topological polar surface area (TPSA) is 60.7 Å². The maximum atomic E-state index is 11.0. The Hall–Kier alpha value is -0.380. The van der Waals surface area contributed by atoms with Gasteiger partial charge < -0.3 is 15.3 Å². The Morgan fingerprint density at radius 2 is 1.83 bits per heavy atom. The molecule has 3 N–H and O–H groups in total. The van der Waals surface area contributed by atoms with Gasteiger partial charge in [0.2, 0.25) is 0 Å². The van der Waals surface area contributed by atoms with Crippen LogP contribution >= 0.6 is 0 Å². The van der Waals surface area contributed by atoms with Crippen LogP contribution in [0.15, 0.2) is 11.6 Å². The van der Waals surface area contributed by atoms with Crippen molar-refractivity contribution in [2.24, 2.45) is 40.4 Å². The highest BCUT2D eigenvalue weighted by Gasteiger charge is 2.59. The molecule has 0 saturated heterocycles. The Morgan fingerprint density at radius 3 is 2.53 bits per heavy atom. The summed E-state index contributed by atoms with van der Waals surface area (Å²) in [7, 11) is 0. The van der Waals surface area contributed by atoms with Crippen LogP contribution in [0.5, 0.6) is 0 Å². The third-order valence-electron chi connectivity index (χ3n) is 10.4. The molecule has 3 saturated carbocycles. The Kier molecular flexibility index (Phi) is 5.99. The molecule has 0 aliphatic heterocycles. The van der Waals surface area contributed by atoms with Gasteiger partial charge in [0.1, 0.15) is 0 Å². The predicted octanol–water partition coefficient (Wildman–Crippen LogP) is 5.47. The quantitative estimate of drug-likeness (QED) is 0.519. The first-order valence-electron chi connectivity index (χ1n) is 12.7. The number of rotatable bonds is 5. The zero-order chi connectivity index (χ0) is 21.9. The molecule has 0 spiro atoms. The van der Waals surface area contributed by atoms with Crippen molar-refractivity contribution in [3.05, 3.63) is 11.6 Å². The zero-order valence-electron chi connectivity index (χ0n) is 20.0. The standard InChI is InChI=1S/C27H46O3/c1-17(24(29)12-13-25(2,3)30)21-8-9-22-20-7-6-18-16-19(28)10-14-26(18,4)23(20)11-15-27(21,22)5/h6,17,19-24,28-30H,7-16H2,1-5H3/t17-,19-,20-,21+,22-,23-,24-,26-,27+/m0/s1. The van der Waals surface area contributed by atoms with Crippen LogP contribution in [-0.2, 0) is 0 Å². The van der Waals surface area contributed by atoms with Crippen LogP contribution in [0.3, 0.4) is 0 Å². The summed E-state index contributed by atoms with van der Waals surface area (Å²) in [6, 6.07) is 0. The van der Waals surface area contributed by atoms with E-state index in [0.29, 0.717) is 35.5 Å². The lowest BCUT2D eigenvalue weighted by Gasteiger charge is -2.58. The Balaban J connectivity index is 1.50. The third kappa shape index (κ3) is 3.82. The number of allylic oxidation sites excluding steroid dienone is 1. The average molecular weight is 419 g/mol. The minimum absolute atomic E-state index is 0.128. The van der Waals surface area contributed by atoms with E-state index in [4.69, 9.17) is 0 Å². The number of aliphatic hydroxyl groups is 3. The fraction of sp³-hybridized carbons (Fsp3) is 0.926. The SMILES string of the molecule is C[C@@H]([C@H]1CC[C@H]2[C@@H]3CC=C4C[C@@H](O)CC[C@]4(C)[C@H]3CC[C@]12C)[C@@H](O)CCC(C)(C)O. The Bertz CT molecular complexity index is 664. The van der Waals surface area contributed by atoms with Crippen molar-refractivity contribution in [1.82, 2.24) is 0 Å². The Labute approximate surface area is 184 Å². The second kappa shape index (κ2) is 7.89. The van der Waals surface area contributed by atoms with Gasteiger partial charge in [-0.2, -0.15) is 0 Å². The van der Waals surface area contributed by atoms with Crippen molar-refractivity contribution in [1.29, 1.82) is 0 Å².